The number of carbonyl (C=O) groups excluding carboxylic acids is 1. The molecule has 2 N–H and O–H groups in total. The molecule has 1 amide bonds. The van der Waals surface area contributed by atoms with Gasteiger partial charge in [0.05, 0.1) is 0 Å². The van der Waals surface area contributed by atoms with Gasteiger partial charge in [0.2, 0.25) is 0 Å². The van der Waals surface area contributed by atoms with Crippen LogP contribution in [0.25, 0.3) is 0 Å². The van der Waals surface area contributed by atoms with Gasteiger partial charge in [-0.1, -0.05) is 0 Å². The lowest BCUT2D eigenvalue weighted by molar-refractivity contribution is 0.0787. The Bertz CT molecular complexity index is 433. The van der Waals surface area contributed by atoms with E-state index in [0.29, 0.717) is 30.1 Å². The van der Waals surface area contributed by atoms with E-state index in [4.69, 9.17) is 5.73 Å². The van der Waals surface area contributed by atoms with E-state index < -0.39 is 0 Å². The van der Waals surface area contributed by atoms with Gasteiger partial charge >= 0.3 is 0 Å². The number of benzene rings is 1. The number of hydrogen-bond acceptors (Lipinski definition) is 2. The van der Waals surface area contributed by atoms with Crippen LogP contribution < -0.4 is 5.73 Å². The first kappa shape index (κ1) is 12.0. The maximum atomic E-state index is 13.0. The van der Waals surface area contributed by atoms with Gasteiger partial charge in [0.15, 0.2) is 0 Å². The summed E-state index contributed by atoms with van der Waals surface area (Å²) in [5, 5.41) is 0. The molecule has 1 saturated heterocycles. The molecule has 1 atom stereocenters. The Balaban J connectivity index is 2.15. The van der Waals surface area contributed by atoms with Gasteiger partial charge in [0.1, 0.15) is 5.82 Å². The molecule has 1 aliphatic heterocycles. The molecule has 4 heteroatoms. The fourth-order valence-electron chi connectivity index (χ4n) is 2.25. The number of hydrogen-bond donors (Lipinski definition) is 1. The van der Waals surface area contributed by atoms with Crippen LogP contribution in [0.4, 0.5) is 4.39 Å². The Hall–Kier alpha value is -1.42. The van der Waals surface area contributed by atoms with Crippen LogP contribution in [-0.2, 0) is 0 Å². The zero-order valence-corrected chi connectivity index (χ0v) is 9.95. The fraction of sp³-hybridized carbons (Fsp3) is 0.462. The van der Waals surface area contributed by atoms with Crippen molar-refractivity contribution < 1.29 is 9.18 Å². The minimum absolute atomic E-state index is 0.0153. The maximum absolute atomic E-state index is 13.0. The summed E-state index contributed by atoms with van der Waals surface area (Å²) in [6.07, 6.45) is 0.961. The number of carbonyl (C=O) groups is 1. The number of likely N-dealkylation sites (tertiary alicyclic amines) is 1. The molecule has 0 bridgehead atoms. The molecule has 1 heterocycles. The van der Waals surface area contributed by atoms with E-state index in [0.717, 1.165) is 13.0 Å². The predicted molar refractivity (Wildman–Crippen MR) is 64.2 cm³/mol. The van der Waals surface area contributed by atoms with Gasteiger partial charge in [-0.3, -0.25) is 4.79 Å². The highest BCUT2D eigenvalue weighted by Crippen LogP contribution is 2.19. The molecule has 1 unspecified atom stereocenters. The minimum atomic E-state index is -0.305. The summed E-state index contributed by atoms with van der Waals surface area (Å²) in [6, 6.07) is 4.28. The summed E-state index contributed by atoms with van der Waals surface area (Å²) in [6.45, 7) is 3.84. The second-order valence-electron chi connectivity index (χ2n) is 4.60. The first-order chi connectivity index (χ1) is 8.11. The summed E-state index contributed by atoms with van der Waals surface area (Å²) in [5.74, 6) is 0.0819. The van der Waals surface area contributed by atoms with Crippen molar-refractivity contribution in [1.29, 1.82) is 0 Å². The van der Waals surface area contributed by atoms with Crippen molar-refractivity contribution in [1.82, 2.24) is 4.90 Å². The van der Waals surface area contributed by atoms with E-state index in [1.54, 1.807) is 17.9 Å². The standard InChI is InChI=1S/C13H17FN2O/c1-9-6-11(14)2-3-12(9)13(17)16-5-4-10(7-15)8-16/h2-3,6,10H,4-5,7-8,15H2,1H3. The first-order valence-corrected chi connectivity index (χ1v) is 5.87. The average Bonchev–Trinajstić information content (AvgIpc) is 2.76. The molecule has 0 aliphatic carbocycles. The Morgan fingerprint density at radius 3 is 2.94 bits per heavy atom. The van der Waals surface area contributed by atoms with Gasteiger partial charge in [-0.15, -0.1) is 0 Å². The smallest absolute Gasteiger partial charge is 0.254 e. The molecule has 3 nitrogen and oxygen atoms in total. The lowest BCUT2D eigenvalue weighted by atomic mass is 10.1. The molecule has 92 valence electrons. The SMILES string of the molecule is Cc1cc(F)ccc1C(=O)N1CCC(CN)C1. The van der Waals surface area contributed by atoms with E-state index >= 15 is 0 Å². The number of amides is 1. The molecule has 1 aliphatic rings. The van der Waals surface area contributed by atoms with E-state index in [1.165, 1.54) is 12.1 Å². The van der Waals surface area contributed by atoms with E-state index in [2.05, 4.69) is 0 Å². The van der Waals surface area contributed by atoms with Crippen LogP contribution in [0, 0.1) is 18.7 Å². The van der Waals surface area contributed by atoms with Crippen molar-refractivity contribution in [3.05, 3.63) is 35.1 Å². The molecule has 0 aromatic heterocycles. The molecule has 1 aromatic rings. The number of nitrogens with zero attached hydrogens (tertiary/aromatic N) is 1. The molecule has 0 saturated carbocycles. The van der Waals surface area contributed by atoms with Crippen molar-refractivity contribution in [2.24, 2.45) is 11.7 Å². The van der Waals surface area contributed by atoms with Crippen molar-refractivity contribution in [2.45, 2.75) is 13.3 Å². The number of aryl methyl sites for hydroxylation is 1. The van der Waals surface area contributed by atoms with Gasteiger partial charge in [0.25, 0.3) is 5.91 Å². The van der Waals surface area contributed by atoms with Crippen molar-refractivity contribution >= 4 is 5.91 Å². The highest BCUT2D eigenvalue weighted by Gasteiger charge is 2.26. The van der Waals surface area contributed by atoms with Gasteiger partial charge in [-0.2, -0.15) is 0 Å². The lowest BCUT2D eigenvalue weighted by Gasteiger charge is -2.17. The molecular formula is C13H17FN2O. The quantitative estimate of drug-likeness (QED) is 0.847. The third-order valence-corrected chi connectivity index (χ3v) is 3.33. The molecule has 0 radical (unpaired) electrons. The van der Waals surface area contributed by atoms with E-state index in [-0.39, 0.29) is 11.7 Å². The Kier molecular flexibility index (Phi) is 3.43. The fourth-order valence-corrected chi connectivity index (χ4v) is 2.25. The van der Waals surface area contributed by atoms with Crippen LogP contribution >= 0.6 is 0 Å². The molecule has 1 fully saturated rings. The number of halogens is 1. The second kappa shape index (κ2) is 4.84. The second-order valence-corrected chi connectivity index (χ2v) is 4.60. The minimum Gasteiger partial charge on any atom is -0.338 e. The molecule has 2 rings (SSSR count). The summed E-state index contributed by atoms with van der Waals surface area (Å²) in [5.41, 5.74) is 6.87. The summed E-state index contributed by atoms with van der Waals surface area (Å²) in [4.78, 5) is 14.0. The van der Waals surface area contributed by atoms with Crippen molar-refractivity contribution in [3.8, 4) is 0 Å². The Labute approximate surface area is 100 Å². The highest BCUT2D eigenvalue weighted by atomic mass is 19.1. The maximum Gasteiger partial charge on any atom is 0.254 e. The summed E-state index contributed by atoms with van der Waals surface area (Å²) >= 11 is 0. The van der Waals surface area contributed by atoms with Gasteiger partial charge < -0.3 is 10.6 Å². The average molecular weight is 236 g/mol. The lowest BCUT2D eigenvalue weighted by Crippen LogP contribution is -2.30. The first-order valence-electron chi connectivity index (χ1n) is 5.87. The predicted octanol–water partition coefficient (Wildman–Crippen LogP) is 1.55. The summed E-state index contributed by atoms with van der Waals surface area (Å²) in [7, 11) is 0. The number of rotatable bonds is 2. The van der Waals surface area contributed by atoms with Crippen molar-refractivity contribution in [2.75, 3.05) is 19.6 Å². The van der Waals surface area contributed by atoms with E-state index in [1.807, 2.05) is 0 Å². The van der Waals surface area contributed by atoms with Gasteiger partial charge in [-0.25, -0.2) is 4.39 Å². The van der Waals surface area contributed by atoms with Gasteiger partial charge in [0, 0.05) is 18.7 Å². The van der Waals surface area contributed by atoms with Crippen LogP contribution in [0.15, 0.2) is 18.2 Å². The normalized spacial score (nSPS) is 19.7. The van der Waals surface area contributed by atoms with Crippen molar-refractivity contribution in [3.63, 3.8) is 0 Å². The molecule has 17 heavy (non-hydrogen) atoms. The molecular weight excluding hydrogens is 219 g/mol. The molecule has 1 aromatic carbocycles. The summed E-state index contributed by atoms with van der Waals surface area (Å²) < 4.78 is 13.0. The van der Waals surface area contributed by atoms with Crippen LogP contribution in [0.5, 0.6) is 0 Å². The monoisotopic (exact) mass is 236 g/mol. The third kappa shape index (κ3) is 2.47. The third-order valence-electron chi connectivity index (χ3n) is 3.33. The van der Waals surface area contributed by atoms with Gasteiger partial charge in [-0.05, 0) is 49.6 Å². The van der Waals surface area contributed by atoms with Crippen LogP contribution in [0.1, 0.15) is 22.3 Å². The Morgan fingerprint density at radius 1 is 1.59 bits per heavy atom. The molecule has 0 spiro atoms. The van der Waals surface area contributed by atoms with Crippen LogP contribution in [0.2, 0.25) is 0 Å². The highest BCUT2D eigenvalue weighted by molar-refractivity contribution is 5.95. The Morgan fingerprint density at radius 2 is 2.35 bits per heavy atom. The van der Waals surface area contributed by atoms with Crippen LogP contribution in [0.3, 0.4) is 0 Å². The topological polar surface area (TPSA) is 46.3 Å². The van der Waals surface area contributed by atoms with Crippen LogP contribution in [-0.4, -0.2) is 30.4 Å². The largest absolute Gasteiger partial charge is 0.338 e. The van der Waals surface area contributed by atoms with E-state index in [9.17, 15) is 9.18 Å². The zero-order chi connectivity index (χ0) is 12.4. The zero-order valence-electron chi connectivity index (χ0n) is 9.95. The number of nitrogens with two attached hydrogens (primary N) is 1.